The Morgan fingerprint density at radius 3 is 2.02 bits per heavy atom. The van der Waals surface area contributed by atoms with Crippen LogP contribution in [0.1, 0.15) is 39.2 Å². The number of carbonyl (C=O) groups excluding carboxylic acids is 2. The number of carbonyl (C=O) groups is 2. The highest BCUT2D eigenvalue weighted by molar-refractivity contribution is 7.92. The Hall–Kier alpha value is -3.76. The molecule has 1 N–H and O–H groups in total. The quantitative estimate of drug-likeness (QED) is 0.265. The van der Waals surface area contributed by atoms with Crippen molar-refractivity contribution in [1.82, 2.24) is 10.2 Å². The van der Waals surface area contributed by atoms with Crippen molar-refractivity contribution in [3.05, 3.63) is 83.4 Å². The molecule has 0 bridgehead atoms. The van der Waals surface area contributed by atoms with Crippen molar-refractivity contribution in [2.45, 2.75) is 57.1 Å². The zero-order valence-corrected chi connectivity index (χ0v) is 26.1. The Balaban J connectivity index is 2.06. The molecule has 3 aromatic carbocycles. The molecule has 9 nitrogen and oxygen atoms in total. The molecule has 0 aliphatic rings. The maximum Gasteiger partial charge on any atom is 0.264 e. The summed E-state index contributed by atoms with van der Waals surface area (Å²) in [5, 5.41) is 3.27. The van der Waals surface area contributed by atoms with Crippen molar-refractivity contribution in [2.75, 3.05) is 25.1 Å². The van der Waals surface area contributed by atoms with Crippen LogP contribution in [0.4, 0.5) is 5.69 Å². The highest BCUT2D eigenvalue weighted by Crippen LogP contribution is 2.28. The van der Waals surface area contributed by atoms with Gasteiger partial charge in [-0.2, -0.15) is 0 Å². The summed E-state index contributed by atoms with van der Waals surface area (Å²) in [6.45, 7) is 5.19. The van der Waals surface area contributed by atoms with E-state index in [9.17, 15) is 18.0 Å². The first-order chi connectivity index (χ1) is 20.0. The van der Waals surface area contributed by atoms with Gasteiger partial charge in [0.1, 0.15) is 24.1 Å². The summed E-state index contributed by atoms with van der Waals surface area (Å²) in [4.78, 5) is 28.9. The lowest BCUT2D eigenvalue weighted by molar-refractivity contribution is -0.140. The van der Waals surface area contributed by atoms with Gasteiger partial charge in [0.15, 0.2) is 0 Å². The number of hydrogen-bond acceptors (Lipinski definition) is 6. The van der Waals surface area contributed by atoms with Gasteiger partial charge in [0.05, 0.1) is 24.8 Å². The fourth-order valence-corrected chi connectivity index (χ4v) is 5.91. The Morgan fingerprint density at radius 2 is 1.50 bits per heavy atom. The Bertz CT molecular complexity index is 1450. The molecule has 2 atom stereocenters. The van der Waals surface area contributed by atoms with Crippen molar-refractivity contribution in [1.29, 1.82) is 0 Å². The van der Waals surface area contributed by atoms with Crippen LogP contribution in [0.5, 0.6) is 11.5 Å². The van der Waals surface area contributed by atoms with Crippen molar-refractivity contribution >= 4 is 39.1 Å². The Labute approximate surface area is 253 Å². The van der Waals surface area contributed by atoms with E-state index in [1.165, 1.54) is 42.3 Å². The normalized spacial score (nSPS) is 12.6. The van der Waals surface area contributed by atoms with E-state index >= 15 is 0 Å². The number of benzene rings is 3. The minimum absolute atomic E-state index is 0.0284. The van der Waals surface area contributed by atoms with Crippen molar-refractivity contribution < 1.29 is 27.5 Å². The van der Waals surface area contributed by atoms with Crippen LogP contribution in [0.15, 0.2) is 77.7 Å². The molecule has 0 fully saturated rings. The summed E-state index contributed by atoms with van der Waals surface area (Å²) in [6, 6.07) is 18.4. The van der Waals surface area contributed by atoms with Gasteiger partial charge in [-0.15, -0.1) is 0 Å². The molecule has 0 aliphatic heterocycles. The van der Waals surface area contributed by atoms with E-state index < -0.39 is 28.5 Å². The fourth-order valence-electron chi connectivity index (χ4n) is 4.32. The average molecular weight is 616 g/mol. The molecule has 11 heteroatoms. The number of rotatable bonds is 14. The van der Waals surface area contributed by atoms with Crippen LogP contribution in [0.2, 0.25) is 5.02 Å². The molecule has 226 valence electrons. The molecule has 3 rings (SSSR count). The second-order valence-corrected chi connectivity index (χ2v) is 12.1. The number of anilines is 1. The monoisotopic (exact) mass is 615 g/mol. The van der Waals surface area contributed by atoms with Crippen molar-refractivity contribution in [2.24, 2.45) is 0 Å². The van der Waals surface area contributed by atoms with Crippen LogP contribution in [-0.4, -0.2) is 58.0 Å². The van der Waals surface area contributed by atoms with Gasteiger partial charge in [-0.1, -0.05) is 43.6 Å². The van der Waals surface area contributed by atoms with Gasteiger partial charge in [-0.05, 0) is 79.9 Å². The smallest absolute Gasteiger partial charge is 0.264 e. The van der Waals surface area contributed by atoms with Gasteiger partial charge in [0.2, 0.25) is 11.8 Å². The van der Waals surface area contributed by atoms with Gasteiger partial charge >= 0.3 is 0 Å². The topological polar surface area (TPSA) is 105 Å². The molecule has 42 heavy (non-hydrogen) atoms. The lowest BCUT2D eigenvalue weighted by Crippen LogP contribution is -2.53. The highest BCUT2D eigenvalue weighted by Gasteiger charge is 2.34. The van der Waals surface area contributed by atoms with Crippen LogP contribution >= 0.6 is 11.6 Å². The molecule has 0 spiro atoms. The van der Waals surface area contributed by atoms with Gasteiger partial charge in [-0.3, -0.25) is 13.9 Å². The van der Waals surface area contributed by atoms with Crippen molar-refractivity contribution in [3.8, 4) is 11.5 Å². The summed E-state index contributed by atoms with van der Waals surface area (Å²) in [6.07, 6.45) is 1.05. The van der Waals surface area contributed by atoms with E-state index in [0.717, 1.165) is 16.3 Å². The molecule has 0 unspecified atom stereocenters. The first-order valence-corrected chi connectivity index (χ1v) is 15.5. The molecule has 0 heterocycles. The second-order valence-electron chi connectivity index (χ2n) is 9.78. The first kappa shape index (κ1) is 32.8. The molecule has 0 radical (unpaired) electrons. The number of halogens is 1. The second kappa shape index (κ2) is 14.9. The van der Waals surface area contributed by atoms with E-state index in [0.29, 0.717) is 22.9 Å². The third-order valence-electron chi connectivity index (χ3n) is 6.92. The van der Waals surface area contributed by atoms with E-state index in [4.69, 9.17) is 21.1 Å². The number of sulfonamides is 1. The standard InChI is InChI=1S/C31H38ClN3O6S/c1-6-22(3)33-31(37)29(7-2)34(20-23-11-13-26(40-4)14-12-23)30(36)21-35(25-10-8-9-24(32)19-25)42(38,39)28-17-15-27(41-5)16-18-28/h8-19,22,29H,6-7,20-21H2,1-5H3,(H,33,37)/t22-,29+/m1/s1. The summed E-state index contributed by atoms with van der Waals surface area (Å²) in [5.74, 6) is 0.286. The molecular formula is C31H38ClN3O6S. The molecule has 0 saturated heterocycles. The average Bonchev–Trinajstić information content (AvgIpc) is 2.99. The summed E-state index contributed by atoms with van der Waals surface area (Å²) in [7, 11) is -1.18. The molecule has 0 saturated carbocycles. The molecule has 2 amide bonds. The van der Waals surface area contributed by atoms with E-state index in [1.54, 1.807) is 49.6 Å². The number of nitrogens with zero attached hydrogens (tertiary/aromatic N) is 2. The van der Waals surface area contributed by atoms with Crippen LogP contribution in [0.3, 0.4) is 0 Å². The number of methoxy groups -OCH3 is 2. The lowest BCUT2D eigenvalue weighted by atomic mass is 10.1. The van der Waals surface area contributed by atoms with Crippen LogP contribution in [-0.2, 0) is 26.2 Å². The van der Waals surface area contributed by atoms with Gasteiger partial charge in [-0.25, -0.2) is 8.42 Å². The Morgan fingerprint density at radius 1 is 0.905 bits per heavy atom. The molecule has 3 aromatic rings. The SMILES string of the molecule is CC[C@@H](C)NC(=O)[C@H](CC)N(Cc1ccc(OC)cc1)C(=O)CN(c1cccc(Cl)c1)S(=O)(=O)c1ccc(OC)cc1. The van der Waals surface area contributed by atoms with Gasteiger partial charge in [0, 0.05) is 17.6 Å². The summed E-state index contributed by atoms with van der Waals surface area (Å²) in [5.41, 5.74) is 0.972. The zero-order valence-electron chi connectivity index (χ0n) is 24.5. The predicted octanol–water partition coefficient (Wildman–Crippen LogP) is 5.27. The van der Waals surface area contributed by atoms with E-state index in [-0.39, 0.29) is 29.1 Å². The molecule has 0 aromatic heterocycles. The zero-order chi connectivity index (χ0) is 30.9. The van der Waals surface area contributed by atoms with Gasteiger partial charge < -0.3 is 19.7 Å². The number of nitrogens with one attached hydrogen (secondary N) is 1. The summed E-state index contributed by atoms with van der Waals surface area (Å²) >= 11 is 6.24. The van der Waals surface area contributed by atoms with Crippen molar-refractivity contribution in [3.63, 3.8) is 0 Å². The fraction of sp³-hybridized carbons (Fsp3) is 0.355. The predicted molar refractivity (Wildman–Crippen MR) is 164 cm³/mol. The number of hydrogen-bond donors (Lipinski definition) is 1. The maximum atomic E-state index is 14.1. The highest BCUT2D eigenvalue weighted by atomic mass is 35.5. The Kier molecular flexibility index (Phi) is 11.6. The van der Waals surface area contributed by atoms with Gasteiger partial charge in [0.25, 0.3) is 10.0 Å². The van der Waals surface area contributed by atoms with Crippen LogP contribution in [0, 0.1) is 0 Å². The maximum absolute atomic E-state index is 14.1. The lowest BCUT2D eigenvalue weighted by Gasteiger charge is -2.33. The third kappa shape index (κ3) is 8.17. The van der Waals surface area contributed by atoms with Crippen LogP contribution < -0.4 is 19.1 Å². The first-order valence-electron chi connectivity index (χ1n) is 13.7. The van der Waals surface area contributed by atoms with E-state index in [1.807, 2.05) is 20.8 Å². The van der Waals surface area contributed by atoms with Crippen LogP contribution in [0.25, 0.3) is 0 Å². The molecule has 0 aliphatic carbocycles. The largest absolute Gasteiger partial charge is 0.497 e. The minimum atomic E-state index is -4.23. The van der Waals surface area contributed by atoms with E-state index in [2.05, 4.69) is 5.32 Å². The summed E-state index contributed by atoms with van der Waals surface area (Å²) < 4.78 is 39.4. The molecular weight excluding hydrogens is 578 g/mol. The third-order valence-corrected chi connectivity index (χ3v) is 8.94. The number of amides is 2. The number of ether oxygens (including phenoxy) is 2. The minimum Gasteiger partial charge on any atom is -0.497 e.